The van der Waals surface area contributed by atoms with Crippen LogP contribution in [0.15, 0.2) is 30.7 Å². The summed E-state index contributed by atoms with van der Waals surface area (Å²) in [7, 11) is 0. The molecule has 1 aliphatic carbocycles. The lowest BCUT2D eigenvalue weighted by molar-refractivity contribution is -0.123. The van der Waals surface area contributed by atoms with Crippen LogP contribution in [-0.4, -0.2) is 45.0 Å². The molecule has 4 heterocycles. The minimum atomic E-state index is -0.163. The van der Waals surface area contributed by atoms with E-state index in [0.717, 1.165) is 35.4 Å². The largest absolute Gasteiger partial charge is 0.355 e. The highest BCUT2D eigenvalue weighted by atomic mass is 35.5. The summed E-state index contributed by atoms with van der Waals surface area (Å²) in [5.74, 6) is 2.45. The van der Waals surface area contributed by atoms with Crippen molar-refractivity contribution in [3.8, 4) is 11.4 Å². The molecule has 1 amide bonds. The summed E-state index contributed by atoms with van der Waals surface area (Å²) in [4.78, 5) is 31.8. The van der Waals surface area contributed by atoms with Crippen LogP contribution in [0.3, 0.4) is 0 Å². The van der Waals surface area contributed by atoms with Gasteiger partial charge in [-0.2, -0.15) is 0 Å². The Morgan fingerprint density at radius 3 is 3.17 bits per heavy atom. The second kappa shape index (κ2) is 7.30. The maximum absolute atomic E-state index is 12.9. The van der Waals surface area contributed by atoms with E-state index in [1.807, 2.05) is 25.3 Å². The molecule has 29 heavy (non-hydrogen) atoms. The van der Waals surface area contributed by atoms with Crippen molar-refractivity contribution in [2.75, 3.05) is 18.0 Å². The van der Waals surface area contributed by atoms with Gasteiger partial charge in [-0.1, -0.05) is 18.0 Å². The zero-order valence-electron chi connectivity index (χ0n) is 16.2. The zero-order valence-corrected chi connectivity index (χ0v) is 17.0. The van der Waals surface area contributed by atoms with Crippen LogP contribution >= 0.6 is 11.6 Å². The Hall–Kier alpha value is -2.67. The van der Waals surface area contributed by atoms with Crippen LogP contribution in [-0.2, 0) is 4.79 Å². The molecule has 0 aromatic carbocycles. The van der Waals surface area contributed by atoms with Crippen LogP contribution in [0.25, 0.3) is 22.4 Å². The van der Waals surface area contributed by atoms with E-state index in [-0.39, 0.29) is 13.4 Å². The SMILES string of the molecule is CCNC(=O)[C@H]1[C@@H]2CCC[C@@H]2CN1c1ccnc(-c2c[nH]c3ncc(Cl)cc23)n1.[HH]. The first kappa shape index (κ1) is 18.4. The molecule has 3 aromatic rings. The van der Waals surface area contributed by atoms with Gasteiger partial charge in [0.25, 0.3) is 0 Å². The molecule has 1 aliphatic heterocycles. The van der Waals surface area contributed by atoms with E-state index in [1.165, 1.54) is 12.8 Å². The fourth-order valence-corrected chi connectivity index (χ4v) is 5.12. The van der Waals surface area contributed by atoms with Gasteiger partial charge in [-0.3, -0.25) is 4.79 Å². The number of nitrogens with zero attached hydrogens (tertiary/aromatic N) is 4. The van der Waals surface area contributed by atoms with Gasteiger partial charge in [-0.15, -0.1) is 0 Å². The number of likely N-dealkylation sites (N-methyl/N-ethyl adjacent to an activating group) is 1. The number of pyridine rings is 1. The van der Waals surface area contributed by atoms with Crippen molar-refractivity contribution < 1.29 is 6.22 Å². The number of carbonyl (C=O) groups is 1. The van der Waals surface area contributed by atoms with Crippen molar-refractivity contribution in [3.05, 3.63) is 35.7 Å². The van der Waals surface area contributed by atoms with Crippen LogP contribution in [0.1, 0.15) is 27.6 Å². The molecule has 3 atom stereocenters. The average molecular weight is 413 g/mol. The van der Waals surface area contributed by atoms with Crippen LogP contribution in [0.4, 0.5) is 5.82 Å². The Balaban J connectivity index is 0.00000218. The number of halogens is 1. The molecule has 3 aromatic heterocycles. The molecule has 0 unspecified atom stereocenters. The molecular weight excluding hydrogens is 388 g/mol. The molecule has 0 bridgehead atoms. The number of aromatic amines is 1. The average Bonchev–Trinajstić information content (AvgIpc) is 3.41. The molecule has 0 radical (unpaired) electrons. The summed E-state index contributed by atoms with van der Waals surface area (Å²) in [5.41, 5.74) is 1.60. The van der Waals surface area contributed by atoms with Crippen molar-refractivity contribution >= 4 is 34.4 Å². The van der Waals surface area contributed by atoms with E-state index in [4.69, 9.17) is 16.6 Å². The number of nitrogens with one attached hydrogen (secondary N) is 2. The molecular formula is C21H25ClN6O. The summed E-state index contributed by atoms with van der Waals surface area (Å²) in [6.07, 6.45) is 8.72. The van der Waals surface area contributed by atoms with Crippen molar-refractivity contribution in [2.45, 2.75) is 32.2 Å². The zero-order chi connectivity index (χ0) is 20.0. The monoisotopic (exact) mass is 412 g/mol. The fraction of sp³-hybridized carbons (Fsp3) is 0.429. The van der Waals surface area contributed by atoms with Gasteiger partial charge in [0.15, 0.2) is 5.82 Å². The number of aromatic nitrogens is 4. The van der Waals surface area contributed by atoms with E-state index in [0.29, 0.717) is 29.2 Å². The third-order valence-corrected chi connectivity index (χ3v) is 6.39. The topological polar surface area (TPSA) is 86.8 Å². The van der Waals surface area contributed by atoms with E-state index in [2.05, 4.69) is 25.2 Å². The predicted octanol–water partition coefficient (Wildman–Crippen LogP) is 3.66. The van der Waals surface area contributed by atoms with E-state index in [1.54, 1.807) is 12.4 Å². The van der Waals surface area contributed by atoms with E-state index in [9.17, 15) is 4.79 Å². The van der Waals surface area contributed by atoms with Gasteiger partial charge >= 0.3 is 0 Å². The van der Waals surface area contributed by atoms with Gasteiger partial charge < -0.3 is 15.2 Å². The van der Waals surface area contributed by atoms with Crippen molar-refractivity contribution in [1.29, 1.82) is 0 Å². The molecule has 5 rings (SSSR count). The number of carbonyl (C=O) groups excluding carboxylic acids is 1. The smallest absolute Gasteiger partial charge is 0.243 e. The van der Waals surface area contributed by atoms with E-state index >= 15 is 0 Å². The van der Waals surface area contributed by atoms with Crippen molar-refractivity contribution in [1.82, 2.24) is 25.3 Å². The number of hydrogen-bond acceptors (Lipinski definition) is 5. The number of fused-ring (bicyclic) bond motifs is 2. The molecule has 0 spiro atoms. The van der Waals surface area contributed by atoms with Crippen LogP contribution in [0, 0.1) is 11.8 Å². The lowest BCUT2D eigenvalue weighted by Gasteiger charge is -2.27. The summed E-state index contributed by atoms with van der Waals surface area (Å²) < 4.78 is 0. The second-order valence-corrected chi connectivity index (χ2v) is 8.27. The highest BCUT2D eigenvalue weighted by Gasteiger charge is 2.48. The summed E-state index contributed by atoms with van der Waals surface area (Å²) in [6, 6.07) is 3.60. The summed E-state index contributed by atoms with van der Waals surface area (Å²) >= 11 is 6.14. The number of anilines is 1. The molecule has 2 fully saturated rings. The minimum Gasteiger partial charge on any atom is -0.355 e. The maximum Gasteiger partial charge on any atom is 0.243 e. The highest BCUT2D eigenvalue weighted by Crippen LogP contribution is 2.43. The predicted molar refractivity (Wildman–Crippen MR) is 115 cm³/mol. The molecule has 1 saturated heterocycles. The Morgan fingerprint density at radius 2 is 2.31 bits per heavy atom. The summed E-state index contributed by atoms with van der Waals surface area (Å²) in [6.45, 7) is 3.46. The third kappa shape index (κ3) is 3.13. The number of hydrogen-bond donors (Lipinski definition) is 2. The number of amides is 1. The quantitative estimate of drug-likeness (QED) is 0.682. The Kier molecular flexibility index (Phi) is 4.62. The number of rotatable bonds is 4. The number of H-pyrrole nitrogens is 1. The standard InChI is InChI=1S/C21H23ClN6O.H2/c1-2-23-21(29)18-14-5-3-4-12(14)11-28(18)17-6-7-24-20(27-17)16-10-26-19-15(16)8-13(22)9-25-19;/h6-10,12,14,18H,2-5,11H2,1H3,(H,23,29)(H,25,26);1H/t12-,14-,18-;/m1./s1. The van der Waals surface area contributed by atoms with Gasteiger partial charge in [-0.05, 0) is 43.7 Å². The molecule has 2 N–H and O–H groups in total. The first-order valence-corrected chi connectivity index (χ1v) is 10.5. The Labute approximate surface area is 175 Å². The molecule has 2 aliphatic rings. The normalized spacial score (nSPS) is 23.5. The second-order valence-electron chi connectivity index (χ2n) is 7.84. The molecule has 152 valence electrons. The van der Waals surface area contributed by atoms with Gasteiger partial charge in [-0.25, -0.2) is 15.0 Å². The first-order valence-electron chi connectivity index (χ1n) is 10.2. The van der Waals surface area contributed by atoms with Gasteiger partial charge in [0, 0.05) is 44.1 Å². The van der Waals surface area contributed by atoms with Gasteiger partial charge in [0.05, 0.1) is 5.02 Å². The lowest BCUT2D eigenvalue weighted by atomic mass is 9.93. The minimum absolute atomic E-state index is 0. The van der Waals surface area contributed by atoms with Gasteiger partial charge in [0.1, 0.15) is 17.5 Å². The molecule has 1 saturated carbocycles. The lowest BCUT2D eigenvalue weighted by Crippen LogP contribution is -2.46. The molecule has 8 heteroatoms. The molecule has 7 nitrogen and oxygen atoms in total. The fourth-order valence-electron chi connectivity index (χ4n) is 4.96. The Morgan fingerprint density at radius 1 is 1.41 bits per heavy atom. The highest BCUT2D eigenvalue weighted by molar-refractivity contribution is 6.31. The van der Waals surface area contributed by atoms with Crippen LogP contribution < -0.4 is 10.2 Å². The van der Waals surface area contributed by atoms with Gasteiger partial charge in [0.2, 0.25) is 5.91 Å². The summed E-state index contributed by atoms with van der Waals surface area (Å²) in [5, 5.41) is 4.47. The van der Waals surface area contributed by atoms with Crippen molar-refractivity contribution in [2.24, 2.45) is 11.8 Å². The Bertz CT molecular complexity index is 1070. The van der Waals surface area contributed by atoms with E-state index < -0.39 is 0 Å². The van der Waals surface area contributed by atoms with Crippen LogP contribution in [0.5, 0.6) is 0 Å². The maximum atomic E-state index is 12.9. The van der Waals surface area contributed by atoms with Crippen molar-refractivity contribution in [3.63, 3.8) is 0 Å². The van der Waals surface area contributed by atoms with Crippen LogP contribution in [0.2, 0.25) is 5.02 Å². The first-order chi connectivity index (χ1) is 14.2. The third-order valence-electron chi connectivity index (χ3n) is 6.18.